The Kier molecular flexibility index (Phi) is 7.15. The number of benzene rings is 1. The molecular formula is C21H23N5O5. The second-order valence-electron chi connectivity index (χ2n) is 6.57. The van der Waals surface area contributed by atoms with Crippen LogP contribution in [0.1, 0.15) is 6.42 Å². The molecule has 3 aromatic rings. The molecular weight excluding hydrogens is 402 g/mol. The van der Waals surface area contributed by atoms with E-state index in [0.717, 1.165) is 4.68 Å². The lowest BCUT2D eigenvalue weighted by Crippen LogP contribution is -2.34. The highest BCUT2D eigenvalue weighted by molar-refractivity contribution is 5.75. The van der Waals surface area contributed by atoms with Crippen LogP contribution >= 0.6 is 0 Å². The number of carbonyl (C=O) groups is 1. The number of hydrogen-bond donors (Lipinski definition) is 1. The van der Waals surface area contributed by atoms with Gasteiger partial charge in [-0.2, -0.15) is 10.2 Å². The second kappa shape index (κ2) is 10.2. The molecule has 0 saturated carbocycles. The Bertz CT molecular complexity index is 1170. The van der Waals surface area contributed by atoms with Gasteiger partial charge in [-0.3, -0.25) is 14.4 Å². The van der Waals surface area contributed by atoms with Gasteiger partial charge in [0.1, 0.15) is 6.54 Å². The van der Waals surface area contributed by atoms with Gasteiger partial charge in [0.15, 0.2) is 11.5 Å². The number of nitrogens with one attached hydrogen (secondary N) is 1. The molecule has 10 heteroatoms. The van der Waals surface area contributed by atoms with Gasteiger partial charge in [-0.25, -0.2) is 9.36 Å². The van der Waals surface area contributed by atoms with Crippen LogP contribution in [0, 0.1) is 0 Å². The summed E-state index contributed by atoms with van der Waals surface area (Å²) in [7, 11) is 3.08. The third kappa shape index (κ3) is 5.56. The molecule has 1 amide bonds. The molecule has 3 rings (SSSR count). The van der Waals surface area contributed by atoms with Gasteiger partial charge >= 0.3 is 0 Å². The molecule has 0 aliphatic rings. The van der Waals surface area contributed by atoms with E-state index in [1.54, 1.807) is 37.4 Å². The molecule has 10 nitrogen and oxygen atoms in total. The largest absolute Gasteiger partial charge is 0.493 e. The number of aromatic nitrogens is 4. The number of hydrogen-bond acceptors (Lipinski definition) is 7. The minimum Gasteiger partial charge on any atom is -0.493 e. The van der Waals surface area contributed by atoms with Crippen molar-refractivity contribution in [3.63, 3.8) is 0 Å². The number of amides is 1. The highest BCUT2D eigenvalue weighted by atomic mass is 16.5. The summed E-state index contributed by atoms with van der Waals surface area (Å²) >= 11 is 0. The van der Waals surface area contributed by atoms with Gasteiger partial charge in [0.25, 0.3) is 11.1 Å². The number of ether oxygens (including phenoxy) is 2. The smallest absolute Gasteiger partial charge is 0.267 e. The van der Waals surface area contributed by atoms with Crippen molar-refractivity contribution < 1.29 is 14.3 Å². The standard InChI is InChI=1S/C21H23N5O5/c1-30-17-8-6-15(13-18(17)31-2)16-7-9-21(29)26(24-16)14-19(27)22-10-4-12-25-20(28)5-3-11-23-25/h3,5-9,11,13H,4,10,12,14H2,1-2H3,(H,22,27). The Morgan fingerprint density at radius 3 is 2.52 bits per heavy atom. The summed E-state index contributed by atoms with van der Waals surface area (Å²) in [5.41, 5.74) is 0.645. The molecule has 1 aromatic carbocycles. The van der Waals surface area contributed by atoms with Crippen LogP contribution in [0.5, 0.6) is 11.5 Å². The molecule has 2 aromatic heterocycles. The first-order valence-corrected chi connectivity index (χ1v) is 9.61. The lowest BCUT2D eigenvalue weighted by Gasteiger charge is -2.11. The Morgan fingerprint density at radius 2 is 1.77 bits per heavy atom. The van der Waals surface area contributed by atoms with Crippen LogP contribution in [0.3, 0.4) is 0 Å². The lowest BCUT2D eigenvalue weighted by atomic mass is 10.1. The number of rotatable bonds is 9. The van der Waals surface area contributed by atoms with Crippen molar-refractivity contribution in [3.8, 4) is 22.8 Å². The van der Waals surface area contributed by atoms with E-state index in [1.807, 2.05) is 0 Å². The first kappa shape index (κ1) is 21.8. The molecule has 0 unspecified atom stereocenters. The second-order valence-corrected chi connectivity index (χ2v) is 6.57. The van der Waals surface area contributed by atoms with E-state index in [1.165, 1.54) is 30.1 Å². The van der Waals surface area contributed by atoms with E-state index in [2.05, 4.69) is 15.5 Å². The number of methoxy groups -OCH3 is 2. The lowest BCUT2D eigenvalue weighted by molar-refractivity contribution is -0.121. The molecule has 162 valence electrons. The van der Waals surface area contributed by atoms with Crippen LogP contribution < -0.4 is 25.9 Å². The molecule has 1 N–H and O–H groups in total. The highest BCUT2D eigenvalue weighted by Crippen LogP contribution is 2.31. The Hall–Kier alpha value is -3.95. The Morgan fingerprint density at radius 1 is 1.00 bits per heavy atom. The van der Waals surface area contributed by atoms with Crippen molar-refractivity contribution >= 4 is 5.91 Å². The van der Waals surface area contributed by atoms with E-state index in [9.17, 15) is 14.4 Å². The first-order valence-electron chi connectivity index (χ1n) is 9.61. The Balaban J connectivity index is 1.62. The van der Waals surface area contributed by atoms with E-state index >= 15 is 0 Å². The molecule has 2 heterocycles. The third-order valence-corrected chi connectivity index (χ3v) is 4.49. The summed E-state index contributed by atoms with van der Waals surface area (Å²) < 4.78 is 13.0. The fourth-order valence-electron chi connectivity index (χ4n) is 2.92. The maximum atomic E-state index is 12.2. The zero-order valence-corrected chi connectivity index (χ0v) is 17.3. The van der Waals surface area contributed by atoms with Gasteiger partial charge in [0.05, 0.1) is 19.9 Å². The minimum absolute atomic E-state index is 0.198. The molecule has 0 aliphatic carbocycles. The zero-order chi connectivity index (χ0) is 22.2. The van der Waals surface area contributed by atoms with Gasteiger partial charge in [-0.1, -0.05) is 0 Å². The quantitative estimate of drug-likeness (QED) is 0.501. The minimum atomic E-state index is -0.389. The monoisotopic (exact) mass is 425 g/mol. The predicted molar refractivity (Wildman–Crippen MR) is 113 cm³/mol. The van der Waals surface area contributed by atoms with Gasteiger partial charge in [0.2, 0.25) is 5.91 Å². The van der Waals surface area contributed by atoms with E-state index in [4.69, 9.17) is 9.47 Å². The molecule has 0 radical (unpaired) electrons. The molecule has 0 spiro atoms. The Labute approximate surface area is 178 Å². The van der Waals surface area contributed by atoms with Crippen LogP contribution in [0.4, 0.5) is 0 Å². The molecule has 0 saturated heterocycles. The summed E-state index contributed by atoms with van der Waals surface area (Å²) in [5.74, 6) is 0.753. The van der Waals surface area contributed by atoms with Crippen molar-refractivity contribution in [2.24, 2.45) is 0 Å². The van der Waals surface area contributed by atoms with Gasteiger partial charge in [-0.15, -0.1) is 0 Å². The van der Waals surface area contributed by atoms with Crippen LogP contribution in [-0.4, -0.2) is 46.2 Å². The van der Waals surface area contributed by atoms with E-state index in [0.29, 0.717) is 42.3 Å². The van der Waals surface area contributed by atoms with Crippen LogP contribution in [0.2, 0.25) is 0 Å². The molecule has 0 fully saturated rings. The number of aryl methyl sites for hydroxylation is 1. The fourth-order valence-corrected chi connectivity index (χ4v) is 2.92. The first-order chi connectivity index (χ1) is 15.0. The van der Waals surface area contributed by atoms with Crippen molar-refractivity contribution in [1.29, 1.82) is 0 Å². The van der Waals surface area contributed by atoms with Crippen molar-refractivity contribution in [1.82, 2.24) is 24.9 Å². The zero-order valence-electron chi connectivity index (χ0n) is 17.3. The SMILES string of the molecule is COc1ccc(-c2ccc(=O)n(CC(=O)NCCCn3ncccc3=O)n2)cc1OC. The van der Waals surface area contributed by atoms with Crippen molar-refractivity contribution in [2.45, 2.75) is 19.5 Å². The molecule has 31 heavy (non-hydrogen) atoms. The fraction of sp³-hybridized carbons (Fsp3) is 0.286. The average molecular weight is 425 g/mol. The van der Waals surface area contributed by atoms with Crippen LogP contribution in [0.15, 0.2) is 58.3 Å². The van der Waals surface area contributed by atoms with Gasteiger partial charge < -0.3 is 14.8 Å². The number of nitrogens with zero attached hydrogens (tertiary/aromatic N) is 4. The normalized spacial score (nSPS) is 10.5. The summed E-state index contributed by atoms with van der Waals surface area (Å²) in [4.78, 5) is 36.0. The summed E-state index contributed by atoms with van der Waals surface area (Å²) in [5, 5.41) is 11.0. The maximum absolute atomic E-state index is 12.2. The van der Waals surface area contributed by atoms with Crippen molar-refractivity contribution in [3.05, 3.63) is 69.4 Å². The third-order valence-electron chi connectivity index (χ3n) is 4.49. The molecule has 0 bridgehead atoms. The van der Waals surface area contributed by atoms with Crippen molar-refractivity contribution in [2.75, 3.05) is 20.8 Å². The molecule has 0 aliphatic heterocycles. The van der Waals surface area contributed by atoms with Gasteiger partial charge in [-0.05, 0) is 36.8 Å². The predicted octanol–water partition coefficient (Wildman–Crippen LogP) is 0.691. The van der Waals surface area contributed by atoms with Crippen LogP contribution in [-0.2, 0) is 17.9 Å². The maximum Gasteiger partial charge on any atom is 0.267 e. The number of carbonyl (C=O) groups excluding carboxylic acids is 1. The summed E-state index contributed by atoms with van der Waals surface area (Å²) in [6, 6.07) is 11.2. The van der Waals surface area contributed by atoms with E-state index < -0.39 is 0 Å². The highest BCUT2D eigenvalue weighted by Gasteiger charge is 2.11. The molecule has 0 atom stereocenters. The van der Waals surface area contributed by atoms with Gasteiger partial charge in [0, 0.05) is 37.0 Å². The summed E-state index contributed by atoms with van der Waals surface area (Å²) in [6.45, 7) is 0.502. The van der Waals surface area contributed by atoms with Crippen LogP contribution in [0.25, 0.3) is 11.3 Å². The van der Waals surface area contributed by atoms with E-state index in [-0.39, 0.29) is 23.6 Å². The summed E-state index contributed by atoms with van der Waals surface area (Å²) in [6.07, 6.45) is 2.06. The topological polar surface area (TPSA) is 117 Å². The average Bonchev–Trinajstić information content (AvgIpc) is 2.78.